The summed E-state index contributed by atoms with van der Waals surface area (Å²) in [6.07, 6.45) is 3.60. The molecule has 0 saturated carbocycles. The third kappa shape index (κ3) is 5.34. The summed E-state index contributed by atoms with van der Waals surface area (Å²) >= 11 is 0. The van der Waals surface area contributed by atoms with Gasteiger partial charge in [-0.2, -0.15) is 0 Å². The SMILES string of the molecule is COC(=O)[C@H]1CNCC[C@H]1CCC(=O)c1ccnc2ccc(OC)cc12.Cl.Cl. The number of esters is 1. The number of rotatable bonds is 6. The Labute approximate surface area is 177 Å². The van der Waals surface area contributed by atoms with E-state index in [2.05, 4.69) is 10.3 Å². The number of ether oxygens (including phenoxy) is 2. The zero-order valence-corrected chi connectivity index (χ0v) is 17.6. The number of ketones is 1. The predicted octanol–water partition coefficient (Wildman–Crippen LogP) is 3.45. The number of hydrogen-bond acceptors (Lipinski definition) is 6. The molecule has 0 amide bonds. The molecule has 1 aliphatic heterocycles. The topological polar surface area (TPSA) is 77.5 Å². The van der Waals surface area contributed by atoms with Crippen molar-refractivity contribution >= 4 is 47.5 Å². The summed E-state index contributed by atoms with van der Waals surface area (Å²) in [5.41, 5.74) is 1.42. The largest absolute Gasteiger partial charge is 0.497 e. The minimum atomic E-state index is -0.200. The van der Waals surface area contributed by atoms with Gasteiger partial charge >= 0.3 is 5.97 Å². The number of benzene rings is 1. The van der Waals surface area contributed by atoms with Gasteiger partial charge in [-0.25, -0.2) is 0 Å². The van der Waals surface area contributed by atoms with Crippen LogP contribution in [0.25, 0.3) is 10.9 Å². The van der Waals surface area contributed by atoms with Gasteiger partial charge in [-0.3, -0.25) is 14.6 Å². The average molecular weight is 429 g/mol. The molecule has 2 aromatic rings. The van der Waals surface area contributed by atoms with Crippen LogP contribution in [0.2, 0.25) is 0 Å². The molecule has 1 aromatic carbocycles. The number of carbonyl (C=O) groups excluding carboxylic acids is 2. The lowest BCUT2D eigenvalue weighted by Gasteiger charge is -2.30. The Bertz CT molecular complexity index is 816. The number of carbonyl (C=O) groups is 2. The van der Waals surface area contributed by atoms with Gasteiger partial charge in [0.05, 0.1) is 25.7 Å². The molecule has 0 unspecified atom stereocenters. The monoisotopic (exact) mass is 428 g/mol. The average Bonchev–Trinajstić information content (AvgIpc) is 2.70. The second kappa shape index (κ2) is 11.2. The summed E-state index contributed by atoms with van der Waals surface area (Å²) in [6.45, 7) is 1.47. The first-order chi connectivity index (χ1) is 12.6. The van der Waals surface area contributed by atoms with E-state index in [4.69, 9.17) is 9.47 Å². The number of halogens is 2. The summed E-state index contributed by atoms with van der Waals surface area (Å²) in [5.74, 6) is 0.538. The van der Waals surface area contributed by atoms with Crippen molar-refractivity contribution in [1.29, 1.82) is 0 Å². The van der Waals surface area contributed by atoms with Crippen LogP contribution >= 0.6 is 24.8 Å². The molecule has 1 N–H and O–H groups in total. The van der Waals surface area contributed by atoms with Crippen LogP contribution in [0, 0.1) is 11.8 Å². The fourth-order valence-electron chi connectivity index (χ4n) is 3.63. The molecule has 28 heavy (non-hydrogen) atoms. The minimum Gasteiger partial charge on any atom is -0.497 e. The van der Waals surface area contributed by atoms with E-state index in [1.54, 1.807) is 19.4 Å². The molecule has 2 atom stereocenters. The highest BCUT2D eigenvalue weighted by Gasteiger charge is 2.31. The summed E-state index contributed by atoms with van der Waals surface area (Å²) in [6, 6.07) is 7.28. The highest BCUT2D eigenvalue weighted by Crippen LogP contribution is 2.28. The van der Waals surface area contributed by atoms with Gasteiger partial charge in [0, 0.05) is 30.1 Å². The number of nitrogens with zero attached hydrogens (tertiary/aromatic N) is 1. The van der Waals surface area contributed by atoms with Gasteiger partial charge < -0.3 is 14.8 Å². The molecule has 3 rings (SSSR count). The van der Waals surface area contributed by atoms with Gasteiger partial charge in [-0.15, -0.1) is 24.8 Å². The van der Waals surface area contributed by atoms with Crippen molar-refractivity contribution in [2.75, 3.05) is 27.3 Å². The molecule has 1 fully saturated rings. The molecule has 2 heterocycles. The molecule has 1 aliphatic rings. The van der Waals surface area contributed by atoms with Crippen LogP contribution in [0.1, 0.15) is 29.6 Å². The number of methoxy groups -OCH3 is 2. The normalized spacial score (nSPS) is 18.5. The van der Waals surface area contributed by atoms with E-state index in [0.717, 1.165) is 23.9 Å². The number of Topliss-reactive ketones (excluding diaryl/α,β-unsaturated/α-hetero) is 1. The summed E-state index contributed by atoms with van der Waals surface area (Å²) in [7, 11) is 3.01. The van der Waals surface area contributed by atoms with Crippen molar-refractivity contribution in [3.63, 3.8) is 0 Å². The maximum Gasteiger partial charge on any atom is 0.310 e. The Kier molecular flexibility index (Phi) is 9.65. The lowest BCUT2D eigenvalue weighted by molar-refractivity contribution is -0.148. The van der Waals surface area contributed by atoms with E-state index < -0.39 is 0 Å². The second-order valence-electron chi connectivity index (χ2n) is 6.59. The number of hydrogen-bond donors (Lipinski definition) is 1. The molecule has 0 spiro atoms. The Morgan fingerprint density at radius 1 is 1.21 bits per heavy atom. The quantitative estimate of drug-likeness (QED) is 0.560. The second-order valence-corrected chi connectivity index (χ2v) is 6.59. The Morgan fingerprint density at radius 3 is 2.71 bits per heavy atom. The summed E-state index contributed by atoms with van der Waals surface area (Å²) < 4.78 is 10.2. The number of fused-ring (bicyclic) bond motifs is 1. The third-order valence-corrected chi connectivity index (χ3v) is 5.12. The predicted molar refractivity (Wildman–Crippen MR) is 113 cm³/mol. The van der Waals surface area contributed by atoms with E-state index >= 15 is 0 Å². The number of nitrogens with one attached hydrogen (secondary N) is 1. The Hall–Kier alpha value is -1.89. The molecular weight excluding hydrogens is 403 g/mol. The van der Waals surface area contributed by atoms with Crippen molar-refractivity contribution in [2.24, 2.45) is 11.8 Å². The van der Waals surface area contributed by atoms with Crippen LogP contribution in [0.15, 0.2) is 30.5 Å². The highest BCUT2D eigenvalue weighted by atomic mass is 35.5. The van der Waals surface area contributed by atoms with E-state index in [-0.39, 0.29) is 48.4 Å². The lowest BCUT2D eigenvalue weighted by atomic mass is 9.82. The van der Waals surface area contributed by atoms with Crippen molar-refractivity contribution in [3.8, 4) is 5.75 Å². The summed E-state index contributed by atoms with van der Waals surface area (Å²) in [4.78, 5) is 29.1. The van der Waals surface area contributed by atoms with Crippen molar-refractivity contribution < 1.29 is 19.1 Å². The van der Waals surface area contributed by atoms with Crippen LogP contribution < -0.4 is 10.1 Å². The molecule has 6 nitrogen and oxygen atoms in total. The third-order valence-electron chi connectivity index (χ3n) is 5.12. The van der Waals surface area contributed by atoms with Crippen LogP contribution in [-0.4, -0.2) is 44.0 Å². The van der Waals surface area contributed by atoms with Crippen LogP contribution in [0.4, 0.5) is 0 Å². The molecule has 1 aromatic heterocycles. The molecule has 0 bridgehead atoms. The number of pyridine rings is 1. The van der Waals surface area contributed by atoms with Gasteiger partial charge in [0.1, 0.15) is 5.75 Å². The van der Waals surface area contributed by atoms with E-state index in [0.29, 0.717) is 30.7 Å². The molecule has 0 aliphatic carbocycles. The fourth-order valence-corrected chi connectivity index (χ4v) is 3.63. The zero-order valence-electron chi connectivity index (χ0n) is 16.0. The maximum atomic E-state index is 12.8. The lowest BCUT2D eigenvalue weighted by Crippen LogP contribution is -2.41. The van der Waals surface area contributed by atoms with Crippen LogP contribution in [0.5, 0.6) is 5.75 Å². The minimum absolute atomic E-state index is 0. The smallest absolute Gasteiger partial charge is 0.310 e. The fraction of sp³-hybridized carbons (Fsp3) is 0.450. The molecule has 8 heteroatoms. The van der Waals surface area contributed by atoms with Gasteiger partial charge in [-0.1, -0.05) is 0 Å². The molecule has 0 radical (unpaired) electrons. The van der Waals surface area contributed by atoms with Crippen molar-refractivity contribution in [1.82, 2.24) is 10.3 Å². The van der Waals surface area contributed by atoms with Gasteiger partial charge in [0.15, 0.2) is 5.78 Å². The number of piperidine rings is 1. The first kappa shape index (κ1) is 24.1. The van der Waals surface area contributed by atoms with Crippen LogP contribution in [0.3, 0.4) is 0 Å². The van der Waals surface area contributed by atoms with Crippen LogP contribution in [-0.2, 0) is 9.53 Å². The van der Waals surface area contributed by atoms with Gasteiger partial charge in [-0.05, 0) is 49.6 Å². The molecule has 154 valence electrons. The summed E-state index contributed by atoms with van der Waals surface area (Å²) in [5, 5.41) is 4.03. The van der Waals surface area contributed by atoms with E-state index in [1.165, 1.54) is 7.11 Å². The van der Waals surface area contributed by atoms with Crippen molar-refractivity contribution in [3.05, 3.63) is 36.0 Å². The van der Waals surface area contributed by atoms with E-state index in [1.807, 2.05) is 18.2 Å². The van der Waals surface area contributed by atoms with E-state index in [9.17, 15) is 9.59 Å². The Morgan fingerprint density at radius 2 is 2.00 bits per heavy atom. The first-order valence-electron chi connectivity index (χ1n) is 8.88. The highest BCUT2D eigenvalue weighted by molar-refractivity contribution is 6.07. The first-order valence-corrected chi connectivity index (χ1v) is 8.88. The van der Waals surface area contributed by atoms with Gasteiger partial charge in [0.2, 0.25) is 0 Å². The Balaban J connectivity index is 0.00000196. The molecular formula is C20H26Cl2N2O4. The van der Waals surface area contributed by atoms with Gasteiger partial charge in [0.25, 0.3) is 0 Å². The van der Waals surface area contributed by atoms with Crippen molar-refractivity contribution in [2.45, 2.75) is 19.3 Å². The molecule has 1 saturated heterocycles. The number of aromatic nitrogens is 1. The zero-order chi connectivity index (χ0) is 18.5. The maximum absolute atomic E-state index is 12.8. The standard InChI is InChI=1S/C20H24N2O4.2ClH/c1-25-14-4-5-18-16(11-14)15(8-10-22-18)19(23)6-3-13-7-9-21-12-17(13)20(24)26-2;;/h4-5,8,10-11,13,17,21H,3,6-7,9,12H2,1-2H3;2*1H/t13-,17+;;/m1../s1.